The molecule has 0 bridgehead atoms. The highest BCUT2D eigenvalue weighted by Gasteiger charge is 2.23. The summed E-state index contributed by atoms with van der Waals surface area (Å²) in [6, 6.07) is 5.77. The molecule has 1 aliphatic heterocycles. The van der Waals surface area contributed by atoms with Gasteiger partial charge in [0.2, 0.25) is 0 Å². The van der Waals surface area contributed by atoms with Crippen LogP contribution in [0.25, 0.3) is 0 Å². The Morgan fingerprint density at radius 1 is 1.41 bits per heavy atom. The molecule has 1 heterocycles. The average Bonchev–Trinajstić information content (AvgIpc) is 2.34. The summed E-state index contributed by atoms with van der Waals surface area (Å²) in [5.41, 5.74) is 1.10. The van der Waals surface area contributed by atoms with Crippen molar-refractivity contribution >= 4 is 27.5 Å². The summed E-state index contributed by atoms with van der Waals surface area (Å²) in [5, 5.41) is 13.6. The molecule has 5 heteroatoms. The Kier molecular flexibility index (Phi) is 4.82. The first-order valence-corrected chi connectivity index (χ1v) is 6.90. The second-order valence-corrected chi connectivity index (χ2v) is 5.44. The first-order valence-electron chi connectivity index (χ1n) is 5.73. The van der Waals surface area contributed by atoms with Crippen molar-refractivity contribution in [2.24, 2.45) is 0 Å². The summed E-state index contributed by atoms with van der Waals surface area (Å²) in [5.74, 6) is 0. The molecule has 3 nitrogen and oxygen atoms in total. The minimum absolute atomic E-state index is 0.0451. The standard InChI is InChI=1S/C12H16BrClN2O/c13-11-7-9(14)1-2-10(11)12(8-17)16-5-3-15-4-6-16/h1-2,7,12,15,17H,3-6,8H2/t12-/m0/s1. The molecule has 0 aliphatic carbocycles. The predicted molar refractivity (Wildman–Crippen MR) is 73.4 cm³/mol. The van der Waals surface area contributed by atoms with Gasteiger partial charge in [-0.2, -0.15) is 0 Å². The highest BCUT2D eigenvalue weighted by molar-refractivity contribution is 9.10. The molecule has 0 spiro atoms. The summed E-state index contributed by atoms with van der Waals surface area (Å²) >= 11 is 9.45. The second kappa shape index (κ2) is 6.16. The molecule has 1 aromatic carbocycles. The molecule has 17 heavy (non-hydrogen) atoms. The van der Waals surface area contributed by atoms with Crippen molar-refractivity contribution in [3.63, 3.8) is 0 Å². The quantitative estimate of drug-likeness (QED) is 0.895. The lowest BCUT2D eigenvalue weighted by Crippen LogP contribution is -2.46. The highest BCUT2D eigenvalue weighted by Crippen LogP contribution is 2.30. The van der Waals surface area contributed by atoms with Crippen LogP contribution in [0.5, 0.6) is 0 Å². The number of nitrogens with zero attached hydrogens (tertiary/aromatic N) is 1. The number of halogens is 2. The van der Waals surface area contributed by atoms with E-state index in [0.29, 0.717) is 5.02 Å². The number of piperazine rings is 1. The average molecular weight is 320 g/mol. The van der Waals surface area contributed by atoms with Crippen LogP contribution < -0.4 is 5.32 Å². The molecule has 2 rings (SSSR count). The van der Waals surface area contributed by atoms with Gasteiger partial charge >= 0.3 is 0 Å². The smallest absolute Gasteiger partial charge is 0.0629 e. The fraction of sp³-hybridized carbons (Fsp3) is 0.500. The topological polar surface area (TPSA) is 35.5 Å². The van der Waals surface area contributed by atoms with E-state index < -0.39 is 0 Å². The third-order valence-electron chi connectivity index (χ3n) is 3.09. The fourth-order valence-corrected chi connectivity index (χ4v) is 3.12. The number of nitrogens with one attached hydrogen (secondary N) is 1. The third kappa shape index (κ3) is 3.20. The highest BCUT2D eigenvalue weighted by atomic mass is 79.9. The number of benzene rings is 1. The van der Waals surface area contributed by atoms with Crippen molar-refractivity contribution in [3.8, 4) is 0 Å². The van der Waals surface area contributed by atoms with E-state index in [1.54, 1.807) is 0 Å². The first-order chi connectivity index (χ1) is 8.22. The zero-order chi connectivity index (χ0) is 12.3. The van der Waals surface area contributed by atoms with Crippen LogP contribution in [-0.4, -0.2) is 42.8 Å². The van der Waals surface area contributed by atoms with Gasteiger partial charge in [-0.15, -0.1) is 0 Å². The lowest BCUT2D eigenvalue weighted by molar-refractivity contribution is 0.110. The molecule has 1 aromatic rings. The number of aliphatic hydroxyl groups is 1. The summed E-state index contributed by atoms with van der Waals surface area (Å²) in [7, 11) is 0. The van der Waals surface area contributed by atoms with Gasteiger partial charge < -0.3 is 10.4 Å². The van der Waals surface area contributed by atoms with Crippen molar-refractivity contribution < 1.29 is 5.11 Å². The van der Waals surface area contributed by atoms with Gasteiger partial charge in [-0.25, -0.2) is 0 Å². The van der Waals surface area contributed by atoms with Crippen molar-refractivity contribution in [3.05, 3.63) is 33.3 Å². The molecule has 0 amide bonds. The van der Waals surface area contributed by atoms with Gasteiger partial charge in [-0.1, -0.05) is 33.6 Å². The van der Waals surface area contributed by atoms with Crippen molar-refractivity contribution in [2.75, 3.05) is 32.8 Å². The molecule has 1 fully saturated rings. The van der Waals surface area contributed by atoms with Gasteiger partial charge in [0.15, 0.2) is 0 Å². The zero-order valence-electron chi connectivity index (χ0n) is 9.50. The first kappa shape index (κ1) is 13.3. The van der Waals surface area contributed by atoms with Crippen molar-refractivity contribution in [2.45, 2.75) is 6.04 Å². The monoisotopic (exact) mass is 318 g/mol. The van der Waals surface area contributed by atoms with E-state index in [-0.39, 0.29) is 12.6 Å². The van der Waals surface area contributed by atoms with E-state index >= 15 is 0 Å². The largest absolute Gasteiger partial charge is 0.394 e. The van der Waals surface area contributed by atoms with Crippen LogP contribution in [0, 0.1) is 0 Å². The van der Waals surface area contributed by atoms with Crippen LogP contribution in [0.2, 0.25) is 5.02 Å². The lowest BCUT2D eigenvalue weighted by atomic mass is 10.1. The summed E-state index contributed by atoms with van der Waals surface area (Å²) in [4.78, 5) is 2.30. The third-order valence-corrected chi connectivity index (χ3v) is 4.01. The molecule has 0 unspecified atom stereocenters. The van der Waals surface area contributed by atoms with Gasteiger partial charge in [-0.05, 0) is 17.7 Å². The minimum atomic E-state index is 0.0451. The van der Waals surface area contributed by atoms with Gasteiger partial charge in [0.25, 0.3) is 0 Å². The number of hydrogen-bond acceptors (Lipinski definition) is 3. The molecule has 1 aliphatic rings. The molecule has 94 valence electrons. The molecule has 1 atom stereocenters. The molecular weight excluding hydrogens is 304 g/mol. The molecule has 0 aromatic heterocycles. The fourth-order valence-electron chi connectivity index (χ4n) is 2.18. The van der Waals surface area contributed by atoms with Gasteiger partial charge in [-0.3, -0.25) is 4.90 Å². The Hall–Kier alpha value is -0.130. The molecule has 2 N–H and O–H groups in total. The minimum Gasteiger partial charge on any atom is -0.394 e. The van der Waals surface area contributed by atoms with Crippen molar-refractivity contribution in [1.82, 2.24) is 10.2 Å². The van der Waals surface area contributed by atoms with E-state index in [0.717, 1.165) is 36.2 Å². The summed E-state index contributed by atoms with van der Waals surface area (Å²) in [6.45, 7) is 3.99. The summed E-state index contributed by atoms with van der Waals surface area (Å²) in [6.07, 6.45) is 0. The van der Waals surface area contributed by atoms with E-state index in [1.807, 2.05) is 18.2 Å². The Labute approximate surface area is 115 Å². The van der Waals surface area contributed by atoms with Crippen LogP contribution in [0.1, 0.15) is 11.6 Å². The van der Waals surface area contributed by atoms with Crippen LogP contribution in [0.4, 0.5) is 0 Å². The number of hydrogen-bond donors (Lipinski definition) is 2. The normalized spacial score (nSPS) is 19.2. The van der Waals surface area contributed by atoms with Crippen LogP contribution in [-0.2, 0) is 0 Å². The van der Waals surface area contributed by atoms with E-state index in [1.165, 1.54) is 0 Å². The lowest BCUT2D eigenvalue weighted by Gasteiger charge is -2.34. The SMILES string of the molecule is OC[C@@H](c1ccc(Cl)cc1Br)N1CCNCC1. The van der Waals surface area contributed by atoms with Crippen LogP contribution in [0.15, 0.2) is 22.7 Å². The molecule has 0 radical (unpaired) electrons. The molecular formula is C12H16BrClN2O. The van der Waals surface area contributed by atoms with Crippen LogP contribution in [0.3, 0.4) is 0 Å². The predicted octanol–water partition coefficient (Wildman–Crippen LogP) is 2.04. The van der Waals surface area contributed by atoms with Gasteiger partial charge in [0, 0.05) is 35.7 Å². The van der Waals surface area contributed by atoms with E-state index in [9.17, 15) is 5.11 Å². The van der Waals surface area contributed by atoms with E-state index in [4.69, 9.17) is 11.6 Å². The maximum absolute atomic E-state index is 9.61. The second-order valence-electron chi connectivity index (χ2n) is 4.15. The van der Waals surface area contributed by atoms with Crippen LogP contribution >= 0.6 is 27.5 Å². The number of aliphatic hydroxyl groups excluding tert-OH is 1. The Morgan fingerprint density at radius 2 is 2.12 bits per heavy atom. The number of rotatable bonds is 3. The molecule has 0 saturated carbocycles. The maximum Gasteiger partial charge on any atom is 0.0629 e. The Balaban J connectivity index is 2.21. The zero-order valence-corrected chi connectivity index (χ0v) is 11.8. The molecule has 1 saturated heterocycles. The van der Waals surface area contributed by atoms with E-state index in [2.05, 4.69) is 26.1 Å². The Bertz CT molecular complexity index is 383. The Morgan fingerprint density at radius 3 is 2.71 bits per heavy atom. The van der Waals surface area contributed by atoms with Crippen molar-refractivity contribution in [1.29, 1.82) is 0 Å². The maximum atomic E-state index is 9.61. The van der Waals surface area contributed by atoms with Gasteiger partial charge in [0.1, 0.15) is 0 Å². The van der Waals surface area contributed by atoms with Gasteiger partial charge in [0.05, 0.1) is 12.6 Å². The summed E-state index contributed by atoms with van der Waals surface area (Å²) < 4.78 is 0.961.